The Morgan fingerprint density at radius 2 is 1.92 bits per heavy atom. The van der Waals surface area contributed by atoms with E-state index < -0.39 is 11.9 Å². The third-order valence-corrected chi connectivity index (χ3v) is 4.69. The molecule has 1 aliphatic heterocycles. The standard InChI is InChI=1S/C18H24FN3O3/c19-14-7-6-13(21-18(24)16-11-20-8-9-25-16)10-15(14)22-17(23)12-4-2-1-3-5-12/h6-7,10,12,16,20H,1-5,8-9,11H2,(H,21,24)(H,22,23). The Hall–Kier alpha value is -1.99. The van der Waals surface area contributed by atoms with E-state index in [9.17, 15) is 14.0 Å². The maximum atomic E-state index is 14.0. The molecule has 1 aromatic rings. The number of benzene rings is 1. The van der Waals surface area contributed by atoms with Gasteiger partial charge >= 0.3 is 0 Å². The molecule has 1 aliphatic carbocycles. The van der Waals surface area contributed by atoms with Crippen molar-refractivity contribution in [3.63, 3.8) is 0 Å². The lowest BCUT2D eigenvalue weighted by molar-refractivity contribution is -0.128. The molecule has 2 amide bonds. The minimum absolute atomic E-state index is 0.0619. The molecule has 1 aromatic carbocycles. The Morgan fingerprint density at radius 1 is 1.12 bits per heavy atom. The first-order valence-corrected chi connectivity index (χ1v) is 8.87. The quantitative estimate of drug-likeness (QED) is 0.779. The van der Waals surface area contributed by atoms with E-state index in [-0.39, 0.29) is 23.4 Å². The minimum Gasteiger partial charge on any atom is -0.366 e. The van der Waals surface area contributed by atoms with Crippen LogP contribution < -0.4 is 16.0 Å². The van der Waals surface area contributed by atoms with E-state index in [1.165, 1.54) is 18.2 Å². The molecule has 7 heteroatoms. The average molecular weight is 349 g/mol. The van der Waals surface area contributed by atoms with E-state index in [2.05, 4.69) is 16.0 Å². The monoisotopic (exact) mass is 349 g/mol. The van der Waals surface area contributed by atoms with Gasteiger partial charge in [0.1, 0.15) is 11.9 Å². The molecule has 1 saturated carbocycles. The predicted molar refractivity (Wildman–Crippen MR) is 92.8 cm³/mol. The second kappa shape index (κ2) is 8.40. The first-order valence-electron chi connectivity index (χ1n) is 8.87. The van der Waals surface area contributed by atoms with E-state index in [1.807, 2.05) is 0 Å². The second-order valence-corrected chi connectivity index (χ2v) is 6.57. The number of morpholine rings is 1. The van der Waals surface area contributed by atoms with E-state index in [0.717, 1.165) is 38.6 Å². The van der Waals surface area contributed by atoms with Crippen molar-refractivity contribution in [3.05, 3.63) is 24.0 Å². The molecule has 25 heavy (non-hydrogen) atoms. The highest BCUT2D eigenvalue weighted by atomic mass is 19.1. The number of hydrogen-bond donors (Lipinski definition) is 3. The maximum Gasteiger partial charge on any atom is 0.254 e. The SMILES string of the molecule is O=C(Nc1cc(NC(=O)C2CNCCO2)ccc1F)C1CCCCC1. The van der Waals surface area contributed by atoms with Gasteiger partial charge in [-0.25, -0.2) is 4.39 Å². The number of hydrogen-bond acceptors (Lipinski definition) is 4. The fourth-order valence-electron chi connectivity index (χ4n) is 3.25. The Labute approximate surface area is 146 Å². The lowest BCUT2D eigenvalue weighted by Crippen LogP contribution is -2.45. The number of halogens is 1. The summed E-state index contributed by atoms with van der Waals surface area (Å²) in [6.07, 6.45) is 4.33. The summed E-state index contributed by atoms with van der Waals surface area (Å²) in [7, 11) is 0. The number of amides is 2. The second-order valence-electron chi connectivity index (χ2n) is 6.57. The number of carbonyl (C=O) groups is 2. The fraction of sp³-hybridized carbons (Fsp3) is 0.556. The number of nitrogens with one attached hydrogen (secondary N) is 3. The lowest BCUT2D eigenvalue weighted by atomic mass is 9.88. The van der Waals surface area contributed by atoms with Crippen LogP contribution in [0.3, 0.4) is 0 Å². The molecule has 0 spiro atoms. The van der Waals surface area contributed by atoms with E-state index in [4.69, 9.17) is 4.74 Å². The molecule has 6 nitrogen and oxygen atoms in total. The summed E-state index contributed by atoms with van der Waals surface area (Å²) in [5.74, 6) is -1.02. The Morgan fingerprint density at radius 3 is 2.64 bits per heavy atom. The van der Waals surface area contributed by atoms with Crippen LogP contribution in [-0.4, -0.2) is 37.6 Å². The van der Waals surface area contributed by atoms with Gasteiger partial charge in [0, 0.05) is 24.7 Å². The molecule has 1 unspecified atom stereocenters. The van der Waals surface area contributed by atoms with Crippen molar-refractivity contribution in [3.8, 4) is 0 Å². The number of anilines is 2. The molecule has 1 heterocycles. The molecular weight excluding hydrogens is 325 g/mol. The highest BCUT2D eigenvalue weighted by molar-refractivity contribution is 5.96. The van der Waals surface area contributed by atoms with Gasteiger partial charge in [0.2, 0.25) is 5.91 Å². The van der Waals surface area contributed by atoms with Crippen molar-refractivity contribution in [1.82, 2.24) is 5.32 Å². The van der Waals surface area contributed by atoms with Crippen LogP contribution in [0.25, 0.3) is 0 Å². The predicted octanol–water partition coefficient (Wildman–Crippen LogP) is 2.27. The highest BCUT2D eigenvalue weighted by Crippen LogP contribution is 2.26. The summed E-state index contributed by atoms with van der Waals surface area (Å²) in [6, 6.07) is 4.16. The van der Waals surface area contributed by atoms with Crippen molar-refractivity contribution in [1.29, 1.82) is 0 Å². The van der Waals surface area contributed by atoms with Gasteiger partial charge < -0.3 is 20.7 Å². The first-order chi connectivity index (χ1) is 12.1. The lowest BCUT2D eigenvalue weighted by Gasteiger charge is -2.23. The van der Waals surface area contributed by atoms with Crippen LogP contribution in [0.2, 0.25) is 0 Å². The van der Waals surface area contributed by atoms with Crippen LogP contribution in [0.15, 0.2) is 18.2 Å². The van der Waals surface area contributed by atoms with Gasteiger partial charge in [-0.15, -0.1) is 0 Å². The smallest absolute Gasteiger partial charge is 0.254 e. The summed E-state index contributed by atoms with van der Waals surface area (Å²) >= 11 is 0. The normalized spacial score (nSPS) is 21.6. The third-order valence-electron chi connectivity index (χ3n) is 4.69. The molecule has 136 valence electrons. The zero-order valence-electron chi connectivity index (χ0n) is 14.1. The van der Waals surface area contributed by atoms with Crippen molar-refractivity contribution < 1.29 is 18.7 Å². The van der Waals surface area contributed by atoms with Gasteiger partial charge in [0.15, 0.2) is 0 Å². The van der Waals surface area contributed by atoms with Gasteiger partial charge in [-0.05, 0) is 31.0 Å². The van der Waals surface area contributed by atoms with Crippen LogP contribution in [0.1, 0.15) is 32.1 Å². The van der Waals surface area contributed by atoms with Gasteiger partial charge in [-0.2, -0.15) is 0 Å². The van der Waals surface area contributed by atoms with Crippen LogP contribution in [0, 0.1) is 11.7 Å². The van der Waals surface area contributed by atoms with Crippen molar-refractivity contribution in [2.24, 2.45) is 5.92 Å². The number of carbonyl (C=O) groups excluding carboxylic acids is 2. The molecule has 0 radical (unpaired) electrons. The van der Waals surface area contributed by atoms with Crippen molar-refractivity contribution in [2.75, 3.05) is 30.3 Å². The molecular formula is C18H24FN3O3. The molecule has 2 aliphatic rings. The van der Waals surface area contributed by atoms with Gasteiger partial charge in [0.05, 0.1) is 12.3 Å². The number of rotatable bonds is 4. The molecule has 3 N–H and O–H groups in total. The topological polar surface area (TPSA) is 79.5 Å². The summed E-state index contributed by atoms with van der Waals surface area (Å²) in [4.78, 5) is 24.5. The summed E-state index contributed by atoms with van der Waals surface area (Å²) in [5, 5.41) is 8.46. The summed E-state index contributed by atoms with van der Waals surface area (Å²) in [5.41, 5.74) is 0.524. The van der Waals surface area contributed by atoms with E-state index in [0.29, 0.717) is 18.8 Å². The largest absolute Gasteiger partial charge is 0.366 e. The zero-order chi connectivity index (χ0) is 17.6. The Balaban J connectivity index is 1.63. The van der Waals surface area contributed by atoms with Crippen LogP contribution in [0.4, 0.5) is 15.8 Å². The summed E-state index contributed by atoms with van der Waals surface area (Å²) < 4.78 is 19.4. The maximum absolute atomic E-state index is 14.0. The van der Waals surface area contributed by atoms with Crippen LogP contribution >= 0.6 is 0 Å². The first kappa shape index (κ1) is 17.8. The molecule has 1 atom stereocenters. The zero-order valence-corrected chi connectivity index (χ0v) is 14.1. The Bertz CT molecular complexity index is 626. The highest BCUT2D eigenvalue weighted by Gasteiger charge is 2.23. The van der Waals surface area contributed by atoms with Gasteiger partial charge in [0.25, 0.3) is 5.91 Å². The molecule has 3 rings (SSSR count). The van der Waals surface area contributed by atoms with E-state index >= 15 is 0 Å². The van der Waals surface area contributed by atoms with Gasteiger partial charge in [-0.3, -0.25) is 9.59 Å². The molecule has 0 bridgehead atoms. The number of ether oxygens (including phenoxy) is 1. The molecule has 2 fully saturated rings. The van der Waals surface area contributed by atoms with Gasteiger partial charge in [-0.1, -0.05) is 19.3 Å². The van der Waals surface area contributed by atoms with E-state index in [1.54, 1.807) is 0 Å². The van der Waals surface area contributed by atoms with Crippen molar-refractivity contribution >= 4 is 23.2 Å². The minimum atomic E-state index is -0.570. The fourth-order valence-corrected chi connectivity index (χ4v) is 3.25. The van der Waals surface area contributed by atoms with Crippen molar-refractivity contribution in [2.45, 2.75) is 38.2 Å². The third kappa shape index (κ3) is 4.76. The Kier molecular flexibility index (Phi) is 5.99. The molecule has 0 aromatic heterocycles. The van der Waals surface area contributed by atoms with Crippen LogP contribution in [-0.2, 0) is 14.3 Å². The molecule has 1 saturated heterocycles. The summed E-state index contributed by atoms with van der Waals surface area (Å²) in [6.45, 7) is 1.64. The average Bonchev–Trinajstić information content (AvgIpc) is 2.66. The van der Waals surface area contributed by atoms with Crippen LogP contribution in [0.5, 0.6) is 0 Å².